The number of esters is 1. The van der Waals surface area contributed by atoms with Crippen LogP contribution in [0.1, 0.15) is 48.9 Å². The molecule has 5 nitrogen and oxygen atoms in total. The Balaban J connectivity index is 1.71. The largest absolute Gasteiger partial charge is 0.459 e. The van der Waals surface area contributed by atoms with Gasteiger partial charge in [0.2, 0.25) is 5.91 Å². The second kappa shape index (κ2) is 7.34. The quantitative estimate of drug-likeness (QED) is 0.778. The first-order chi connectivity index (χ1) is 11.6. The predicted octanol–water partition coefficient (Wildman–Crippen LogP) is 3.17. The minimum Gasteiger partial charge on any atom is -0.459 e. The average Bonchev–Trinajstić information content (AvgIpc) is 3.45. The van der Waals surface area contributed by atoms with Gasteiger partial charge in [-0.2, -0.15) is 0 Å². The van der Waals surface area contributed by atoms with Crippen LogP contribution in [0.3, 0.4) is 0 Å². The van der Waals surface area contributed by atoms with E-state index in [0.717, 1.165) is 38.5 Å². The molecule has 0 heterocycles. The molecule has 130 valence electrons. The molecule has 0 aliphatic heterocycles. The van der Waals surface area contributed by atoms with E-state index in [0.29, 0.717) is 11.3 Å². The summed E-state index contributed by atoms with van der Waals surface area (Å²) >= 11 is 0. The van der Waals surface area contributed by atoms with Crippen LogP contribution >= 0.6 is 0 Å². The van der Waals surface area contributed by atoms with Gasteiger partial charge in [0, 0.05) is 26.5 Å². The maximum absolute atomic E-state index is 12.6. The van der Waals surface area contributed by atoms with Gasteiger partial charge in [-0.25, -0.2) is 4.79 Å². The molecule has 3 rings (SSSR count). The van der Waals surface area contributed by atoms with E-state index >= 15 is 0 Å². The first kappa shape index (κ1) is 17.0. The van der Waals surface area contributed by atoms with Crippen molar-refractivity contribution in [3.05, 3.63) is 29.8 Å². The maximum atomic E-state index is 12.6. The Bertz CT molecular complexity index is 611. The number of nitrogens with zero attached hydrogens (tertiary/aromatic N) is 1. The Kier molecular flexibility index (Phi) is 5.19. The Morgan fingerprint density at radius 3 is 2.50 bits per heavy atom. The molecule has 2 aliphatic carbocycles. The molecule has 24 heavy (non-hydrogen) atoms. The van der Waals surface area contributed by atoms with E-state index in [1.807, 2.05) is 6.07 Å². The lowest BCUT2D eigenvalue weighted by Crippen LogP contribution is -2.31. The van der Waals surface area contributed by atoms with Gasteiger partial charge in [-0.3, -0.25) is 4.79 Å². The topological polar surface area (TPSA) is 55.8 Å². The first-order valence-electron chi connectivity index (χ1n) is 8.70. The Hall–Kier alpha value is -1.88. The van der Waals surface area contributed by atoms with E-state index < -0.39 is 0 Å². The highest BCUT2D eigenvalue weighted by Gasteiger charge is 2.34. The van der Waals surface area contributed by atoms with Gasteiger partial charge in [-0.1, -0.05) is 12.1 Å². The number of rotatable bonds is 5. The lowest BCUT2D eigenvalue weighted by Gasteiger charge is -2.28. The van der Waals surface area contributed by atoms with Crippen LogP contribution in [-0.2, 0) is 14.3 Å². The summed E-state index contributed by atoms with van der Waals surface area (Å²) < 4.78 is 11.1. The van der Waals surface area contributed by atoms with E-state index in [-0.39, 0.29) is 30.0 Å². The molecular formula is C19H25NO4. The van der Waals surface area contributed by atoms with E-state index in [1.165, 1.54) is 0 Å². The standard InChI is InChI=1S/C19H25NO4/c1-20(18(21)13-10-11-13)17-9-4-3-8-16(17)19(22)24-15-7-5-6-14(12-15)23-2/h3-4,8-9,13-15H,5-7,10-12H2,1-2H3/t14-,15+/m0/s1. The number of carbonyl (C=O) groups is 2. The van der Waals surface area contributed by atoms with E-state index in [1.54, 1.807) is 37.3 Å². The van der Waals surface area contributed by atoms with Crippen LogP contribution in [0.2, 0.25) is 0 Å². The fraction of sp³-hybridized carbons (Fsp3) is 0.579. The maximum Gasteiger partial charge on any atom is 0.340 e. The number of ether oxygens (including phenoxy) is 2. The van der Waals surface area contributed by atoms with Gasteiger partial charge in [0.1, 0.15) is 6.10 Å². The van der Waals surface area contributed by atoms with E-state index in [2.05, 4.69) is 0 Å². The first-order valence-corrected chi connectivity index (χ1v) is 8.70. The molecule has 0 saturated heterocycles. The van der Waals surface area contributed by atoms with Crippen molar-refractivity contribution in [3.63, 3.8) is 0 Å². The summed E-state index contributed by atoms with van der Waals surface area (Å²) in [6.45, 7) is 0. The van der Waals surface area contributed by atoms with E-state index in [9.17, 15) is 9.59 Å². The molecule has 1 aromatic rings. The monoisotopic (exact) mass is 331 g/mol. The van der Waals surface area contributed by atoms with Crippen LogP contribution in [0, 0.1) is 5.92 Å². The molecule has 2 fully saturated rings. The third kappa shape index (κ3) is 3.78. The van der Waals surface area contributed by atoms with Crippen molar-refractivity contribution in [1.29, 1.82) is 0 Å². The van der Waals surface area contributed by atoms with Gasteiger partial charge < -0.3 is 14.4 Å². The normalized spacial score (nSPS) is 23.6. The van der Waals surface area contributed by atoms with Crippen LogP contribution in [0.15, 0.2) is 24.3 Å². The lowest BCUT2D eigenvalue weighted by atomic mass is 9.95. The zero-order chi connectivity index (χ0) is 17.1. The molecule has 0 radical (unpaired) electrons. The molecule has 5 heteroatoms. The van der Waals surface area contributed by atoms with Gasteiger partial charge in [-0.05, 0) is 44.2 Å². The fourth-order valence-electron chi connectivity index (χ4n) is 3.30. The summed E-state index contributed by atoms with van der Waals surface area (Å²) in [4.78, 5) is 26.5. The van der Waals surface area contributed by atoms with Crippen molar-refractivity contribution in [1.82, 2.24) is 0 Å². The second-order valence-corrected chi connectivity index (χ2v) is 6.74. The molecular weight excluding hydrogens is 306 g/mol. The zero-order valence-electron chi connectivity index (χ0n) is 14.4. The Morgan fingerprint density at radius 1 is 1.08 bits per heavy atom. The van der Waals surface area contributed by atoms with Crippen molar-refractivity contribution in [2.24, 2.45) is 5.92 Å². The molecule has 1 amide bonds. The van der Waals surface area contributed by atoms with E-state index in [4.69, 9.17) is 9.47 Å². The smallest absolute Gasteiger partial charge is 0.340 e. The number of methoxy groups -OCH3 is 1. The number of para-hydroxylation sites is 1. The molecule has 2 saturated carbocycles. The highest BCUT2D eigenvalue weighted by atomic mass is 16.5. The summed E-state index contributed by atoms with van der Waals surface area (Å²) in [5.74, 6) is -0.171. The van der Waals surface area contributed by atoms with Crippen molar-refractivity contribution in [2.75, 3.05) is 19.1 Å². The zero-order valence-corrected chi connectivity index (χ0v) is 14.4. The molecule has 1 aromatic carbocycles. The number of hydrogen-bond donors (Lipinski definition) is 0. The summed E-state index contributed by atoms with van der Waals surface area (Å²) in [6.07, 6.45) is 5.54. The van der Waals surface area contributed by atoms with Gasteiger partial charge in [0.05, 0.1) is 17.4 Å². The van der Waals surface area contributed by atoms with Crippen molar-refractivity contribution in [3.8, 4) is 0 Å². The number of carbonyl (C=O) groups excluding carboxylic acids is 2. The number of benzene rings is 1. The highest BCUT2D eigenvalue weighted by molar-refractivity contribution is 6.03. The minimum atomic E-state index is -0.359. The van der Waals surface area contributed by atoms with Crippen LogP contribution in [0.4, 0.5) is 5.69 Å². The fourth-order valence-corrected chi connectivity index (χ4v) is 3.30. The van der Waals surface area contributed by atoms with Crippen molar-refractivity contribution in [2.45, 2.75) is 50.7 Å². The lowest BCUT2D eigenvalue weighted by molar-refractivity contribution is -0.119. The molecule has 0 unspecified atom stereocenters. The van der Waals surface area contributed by atoms with Gasteiger partial charge >= 0.3 is 5.97 Å². The van der Waals surface area contributed by atoms with Gasteiger partial charge in [0.25, 0.3) is 0 Å². The highest BCUT2D eigenvalue weighted by Crippen LogP contribution is 2.33. The third-order valence-corrected chi connectivity index (χ3v) is 4.93. The van der Waals surface area contributed by atoms with Crippen molar-refractivity contribution < 1.29 is 19.1 Å². The third-order valence-electron chi connectivity index (χ3n) is 4.93. The SMILES string of the molecule is CO[C@H]1CCC[C@@H](OC(=O)c2ccccc2N(C)C(=O)C2CC2)C1. The predicted molar refractivity (Wildman–Crippen MR) is 91.0 cm³/mol. The molecule has 0 bridgehead atoms. The minimum absolute atomic E-state index is 0.0763. The van der Waals surface area contributed by atoms with Crippen molar-refractivity contribution >= 4 is 17.6 Å². The Labute approximate surface area is 142 Å². The average molecular weight is 331 g/mol. The number of hydrogen-bond acceptors (Lipinski definition) is 4. The molecule has 0 N–H and O–H groups in total. The van der Waals surface area contributed by atoms with Crippen LogP contribution < -0.4 is 4.90 Å². The molecule has 2 aliphatic rings. The van der Waals surface area contributed by atoms with Crippen LogP contribution in [0.25, 0.3) is 0 Å². The Morgan fingerprint density at radius 2 is 1.79 bits per heavy atom. The summed E-state index contributed by atoms with van der Waals surface area (Å²) in [7, 11) is 3.43. The summed E-state index contributed by atoms with van der Waals surface area (Å²) in [6, 6.07) is 7.17. The van der Waals surface area contributed by atoms with Gasteiger partial charge in [-0.15, -0.1) is 0 Å². The van der Waals surface area contributed by atoms with Gasteiger partial charge in [0.15, 0.2) is 0 Å². The molecule has 0 spiro atoms. The number of amides is 1. The summed E-state index contributed by atoms with van der Waals surface area (Å²) in [5.41, 5.74) is 1.08. The summed E-state index contributed by atoms with van der Waals surface area (Å²) in [5, 5.41) is 0. The van der Waals surface area contributed by atoms with Crippen LogP contribution in [0.5, 0.6) is 0 Å². The van der Waals surface area contributed by atoms with Crippen LogP contribution in [-0.4, -0.2) is 38.2 Å². The molecule has 0 aromatic heterocycles. The second-order valence-electron chi connectivity index (χ2n) is 6.74. The molecule has 2 atom stereocenters. The number of anilines is 1.